The van der Waals surface area contributed by atoms with Gasteiger partial charge in [0.15, 0.2) is 0 Å². The van der Waals surface area contributed by atoms with Crippen molar-refractivity contribution in [1.82, 2.24) is 4.90 Å². The smallest absolute Gasteiger partial charge is 0.137 e. The second kappa shape index (κ2) is 5.94. The minimum atomic E-state index is -0.200. The summed E-state index contributed by atoms with van der Waals surface area (Å²) in [6, 6.07) is 5.29. The number of halogens is 2. The van der Waals surface area contributed by atoms with Gasteiger partial charge in [0.2, 0.25) is 0 Å². The van der Waals surface area contributed by atoms with Crippen molar-refractivity contribution in [3.63, 3.8) is 0 Å². The van der Waals surface area contributed by atoms with Crippen molar-refractivity contribution in [2.24, 2.45) is 5.92 Å². The number of hydrogen-bond donors (Lipinski definition) is 1. The zero-order valence-electron chi connectivity index (χ0n) is 9.70. The molecule has 17 heavy (non-hydrogen) atoms. The molecule has 1 heterocycles. The maximum absolute atomic E-state index is 13.4. The molecule has 1 N–H and O–H groups in total. The fourth-order valence-corrected chi connectivity index (χ4v) is 2.62. The number of aliphatic hydroxyl groups is 1. The molecule has 0 saturated carbocycles. The average molecular weight is 302 g/mol. The summed E-state index contributed by atoms with van der Waals surface area (Å²) in [7, 11) is 0. The van der Waals surface area contributed by atoms with Crippen LogP contribution in [0.4, 0.5) is 4.39 Å². The van der Waals surface area contributed by atoms with Crippen molar-refractivity contribution in [2.75, 3.05) is 19.7 Å². The Kier molecular flexibility index (Phi) is 4.54. The first-order valence-corrected chi connectivity index (χ1v) is 6.75. The Hall–Kier alpha value is -0.450. The summed E-state index contributed by atoms with van der Waals surface area (Å²) in [6.07, 6.45) is 2.02. The topological polar surface area (TPSA) is 23.5 Å². The normalized spacial score (nSPS) is 21.0. The molecular formula is C13H17BrFNO. The van der Waals surface area contributed by atoms with Crippen LogP contribution in [0.1, 0.15) is 18.4 Å². The molecule has 0 radical (unpaired) electrons. The molecule has 1 aromatic carbocycles. The number of benzene rings is 1. The van der Waals surface area contributed by atoms with Crippen LogP contribution in [0, 0.1) is 11.7 Å². The minimum Gasteiger partial charge on any atom is -0.396 e. The second-order valence-electron chi connectivity index (χ2n) is 4.65. The molecule has 94 valence electrons. The predicted molar refractivity (Wildman–Crippen MR) is 69.2 cm³/mol. The van der Waals surface area contributed by atoms with E-state index < -0.39 is 0 Å². The Morgan fingerprint density at radius 2 is 2.29 bits per heavy atom. The van der Waals surface area contributed by atoms with E-state index >= 15 is 0 Å². The monoisotopic (exact) mass is 301 g/mol. The summed E-state index contributed by atoms with van der Waals surface area (Å²) in [5.74, 6) is 0.397. The molecule has 2 rings (SSSR count). The number of hydrogen-bond acceptors (Lipinski definition) is 2. The lowest BCUT2D eigenvalue weighted by molar-refractivity contribution is 0.249. The van der Waals surface area contributed by atoms with E-state index in [1.807, 2.05) is 6.07 Å². The minimum absolute atomic E-state index is 0.200. The molecule has 0 bridgehead atoms. The van der Waals surface area contributed by atoms with Gasteiger partial charge in [-0.05, 0) is 58.9 Å². The summed E-state index contributed by atoms with van der Waals surface area (Å²) < 4.78 is 13.9. The third kappa shape index (κ3) is 3.50. The van der Waals surface area contributed by atoms with Gasteiger partial charge in [0, 0.05) is 19.7 Å². The highest BCUT2D eigenvalue weighted by Crippen LogP contribution is 2.22. The maximum Gasteiger partial charge on any atom is 0.137 e. The Balaban J connectivity index is 1.91. The standard InChI is InChI=1S/C13H17BrFNO/c14-12-2-1-11(7-13(12)15)9-16-5-3-10(8-16)4-6-17/h1-2,7,10,17H,3-6,8-9H2. The number of aliphatic hydroxyl groups excluding tert-OH is 1. The van der Waals surface area contributed by atoms with Gasteiger partial charge in [-0.2, -0.15) is 0 Å². The lowest BCUT2D eigenvalue weighted by atomic mass is 10.1. The summed E-state index contributed by atoms with van der Waals surface area (Å²) in [6.45, 7) is 3.12. The molecule has 0 amide bonds. The molecule has 1 unspecified atom stereocenters. The first-order chi connectivity index (χ1) is 8.19. The molecule has 1 aliphatic heterocycles. The molecule has 1 aromatic rings. The Bertz CT molecular complexity index is 386. The van der Waals surface area contributed by atoms with Gasteiger partial charge < -0.3 is 5.11 Å². The van der Waals surface area contributed by atoms with Gasteiger partial charge in [0.1, 0.15) is 5.82 Å². The summed E-state index contributed by atoms with van der Waals surface area (Å²) >= 11 is 3.16. The van der Waals surface area contributed by atoms with Gasteiger partial charge in [-0.1, -0.05) is 6.07 Å². The molecule has 1 fully saturated rings. The summed E-state index contributed by atoms with van der Waals surface area (Å²) in [4.78, 5) is 2.32. The molecule has 4 heteroatoms. The fraction of sp³-hybridized carbons (Fsp3) is 0.538. The lowest BCUT2D eigenvalue weighted by Gasteiger charge is -2.16. The molecule has 2 nitrogen and oxygen atoms in total. The highest BCUT2D eigenvalue weighted by molar-refractivity contribution is 9.10. The van der Waals surface area contributed by atoms with Gasteiger partial charge >= 0.3 is 0 Å². The first-order valence-electron chi connectivity index (χ1n) is 5.96. The van der Waals surface area contributed by atoms with Crippen LogP contribution in [0.2, 0.25) is 0 Å². The zero-order valence-corrected chi connectivity index (χ0v) is 11.3. The van der Waals surface area contributed by atoms with E-state index in [4.69, 9.17) is 5.11 Å². The van der Waals surface area contributed by atoms with Crippen molar-refractivity contribution >= 4 is 15.9 Å². The Labute approximate surface area is 110 Å². The molecular weight excluding hydrogens is 285 g/mol. The Morgan fingerprint density at radius 1 is 1.47 bits per heavy atom. The number of rotatable bonds is 4. The molecule has 1 atom stereocenters. The average Bonchev–Trinajstić information content (AvgIpc) is 2.72. The zero-order chi connectivity index (χ0) is 12.3. The SMILES string of the molecule is OCCC1CCN(Cc2ccc(Br)c(F)c2)C1. The lowest BCUT2D eigenvalue weighted by Crippen LogP contribution is -2.20. The van der Waals surface area contributed by atoms with Crippen molar-refractivity contribution in [2.45, 2.75) is 19.4 Å². The van der Waals surface area contributed by atoms with Gasteiger partial charge in [-0.15, -0.1) is 0 Å². The van der Waals surface area contributed by atoms with Crippen molar-refractivity contribution < 1.29 is 9.50 Å². The van der Waals surface area contributed by atoms with E-state index in [0.29, 0.717) is 10.4 Å². The summed E-state index contributed by atoms with van der Waals surface area (Å²) in [5.41, 5.74) is 1.01. The van der Waals surface area contributed by atoms with Crippen LogP contribution in [-0.2, 0) is 6.54 Å². The van der Waals surface area contributed by atoms with Crippen molar-refractivity contribution in [1.29, 1.82) is 0 Å². The van der Waals surface area contributed by atoms with E-state index in [1.165, 1.54) is 0 Å². The molecule has 0 aliphatic carbocycles. The van der Waals surface area contributed by atoms with Crippen LogP contribution < -0.4 is 0 Å². The van der Waals surface area contributed by atoms with Crippen LogP contribution in [-0.4, -0.2) is 29.7 Å². The van der Waals surface area contributed by atoms with Crippen molar-refractivity contribution in [3.8, 4) is 0 Å². The third-order valence-electron chi connectivity index (χ3n) is 3.30. The van der Waals surface area contributed by atoms with E-state index in [9.17, 15) is 4.39 Å². The number of likely N-dealkylation sites (tertiary alicyclic amines) is 1. The van der Waals surface area contributed by atoms with Crippen LogP contribution in [0.25, 0.3) is 0 Å². The third-order valence-corrected chi connectivity index (χ3v) is 3.94. The second-order valence-corrected chi connectivity index (χ2v) is 5.50. The van der Waals surface area contributed by atoms with E-state index in [-0.39, 0.29) is 12.4 Å². The van der Waals surface area contributed by atoms with E-state index in [0.717, 1.165) is 38.0 Å². The molecule has 1 saturated heterocycles. The van der Waals surface area contributed by atoms with Gasteiger partial charge in [-0.25, -0.2) is 4.39 Å². The van der Waals surface area contributed by atoms with Crippen LogP contribution in [0.15, 0.2) is 22.7 Å². The van der Waals surface area contributed by atoms with Gasteiger partial charge in [0.25, 0.3) is 0 Å². The Morgan fingerprint density at radius 3 is 3.00 bits per heavy atom. The van der Waals surface area contributed by atoms with Crippen LogP contribution >= 0.6 is 15.9 Å². The van der Waals surface area contributed by atoms with Crippen LogP contribution in [0.5, 0.6) is 0 Å². The largest absolute Gasteiger partial charge is 0.396 e. The van der Waals surface area contributed by atoms with Gasteiger partial charge in [-0.3, -0.25) is 4.90 Å². The molecule has 0 spiro atoms. The maximum atomic E-state index is 13.4. The van der Waals surface area contributed by atoms with E-state index in [1.54, 1.807) is 12.1 Å². The predicted octanol–water partition coefficient (Wildman–Crippen LogP) is 2.79. The molecule has 1 aliphatic rings. The van der Waals surface area contributed by atoms with Gasteiger partial charge in [0.05, 0.1) is 4.47 Å². The quantitative estimate of drug-likeness (QED) is 0.924. The van der Waals surface area contributed by atoms with Crippen LogP contribution in [0.3, 0.4) is 0 Å². The summed E-state index contributed by atoms with van der Waals surface area (Å²) in [5, 5.41) is 8.90. The van der Waals surface area contributed by atoms with Crippen molar-refractivity contribution in [3.05, 3.63) is 34.1 Å². The van der Waals surface area contributed by atoms with E-state index in [2.05, 4.69) is 20.8 Å². The highest BCUT2D eigenvalue weighted by atomic mass is 79.9. The number of nitrogens with zero attached hydrogens (tertiary/aromatic N) is 1. The first kappa shape index (κ1) is 13.0. The fourth-order valence-electron chi connectivity index (χ4n) is 2.37. The molecule has 0 aromatic heterocycles. The highest BCUT2D eigenvalue weighted by Gasteiger charge is 2.21.